The predicted octanol–water partition coefficient (Wildman–Crippen LogP) is 3.14. The molecule has 1 aliphatic heterocycles. The van der Waals surface area contributed by atoms with Gasteiger partial charge in [0, 0.05) is 0 Å². The lowest BCUT2D eigenvalue weighted by atomic mass is 9.98. The van der Waals surface area contributed by atoms with Crippen molar-refractivity contribution in [2.45, 2.75) is 12.7 Å². The second-order valence-electron chi connectivity index (χ2n) is 4.46. The molecule has 0 saturated carbocycles. The van der Waals surface area contributed by atoms with Gasteiger partial charge in [-0.15, -0.1) is 0 Å². The normalized spacial score (nSPS) is 17.2. The van der Waals surface area contributed by atoms with Crippen molar-refractivity contribution in [3.05, 3.63) is 70.5 Å². The van der Waals surface area contributed by atoms with Crippen LogP contribution in [0.25, 0.3) is 0 Å². The van der Waals surface area contributed by atoms with Crippen LogP contribution in [-0.4, -0.2) is 11.1 Å². The molecule has 1 N–H and O–H groups in total. The molecular weight excluding hydrogens is 247 g/mol. The monoisotopic (exact) mass is 258 g/mol. The number of ether oxygens (including phenoxy) is 1. The van der Waals surface area contributed by atoms with E-state index in [0.717, 1.165) is 16.7 Å². The van der Waals surface area contributed by atoms with E-state index in [1.807, 2.05) is 0 Å². The second kappa shape index (κ2) is 4.48. The fourth-order valence-electron chi connectivity index (χ4n) is 2.30. The molecule has 0 saturated heterocycles. The Morgan fingerprint density at radius 1 is 1.21 bits per heavy atom. The number of halogens is 1. The molecule has 0 spiro atoms. The van der Waals surface area contributed by atoms with Crippen molar-refractivity contribution in [2.24, 2.45) is 0 Å². The van der Waals surface area contributed by atoms with Crippen LogP contribution < -0.4 is 0 Å². The van der Waals surface area contributed by atoms with E-state index < -0.39 is 5.97 Å². The van der Waals surface area contributed by atoms with Gasteiger partial charge >= 0.3 is 5.97 Å². The van der Waals surface area contributed by atoms with E-state index in [-0.39, 0.29) is 17.5 Å². The molecule has 19 heavy (non-hydrogen) atoms. The third-order valence-corrected chi connectivity index (χ3v) is 3.25. The molecule has 0 bridgehead atoms. The van der Waals surface area contributed by atoms with Crippen molar-refractivity contribution in [1.29, 1.82) is 0 Å². The van der Waals surface area contributed by atoms with Crippen LogP contribution in [0.1, 0.15) is 33.2 Å². The number of rotatable bonds is 2. The molecule has 1 atom stereocenters. The Morgan fingerprint density at radius 3 is 2.63 bits per heavy atom. The Labute approximate surface area is 109 Å². The fraction of sp³-hybridized carbons (Fsp3) is 0.133. The summed E-state index contributed by atoms with van der Waals surface area (Å²) in [7, 11) is 0. The highest BCUT2D eigenvalue weighted by Crippen LogP contribution is 2.36. The molecule has 0 unspecified atom stereocenters. The minimum atomic E-state index is -0.951. The average molecular weight is 258 g/mol. The van der Waals surface area contributed by atoms with Crippen molar-refractivity contribution in [1.82, 2.24) is 0 Å². The summed E-state index contributed by atoms with van der Waals surface area (Å²) in [6.07, 6.45) is -0.251. The maximum atomic E-state index is 12.9. The molecule has 3 nitrogen and oxygen atoms in total. The standard InChI is InChI=1S/C15H11FO3/c16-12-4-1-9(2-5-12)14-13-6-3-10(15(17)18)7-11(13)8-19-14/h1-7,14H,8H2,(H,17,18)/t14-/m0/s1. The molecule has 0 fully saturated rings. The Bertz CT molecular complexity index is 634. The van der Waals surface area contributed by atoms with Crippen LogP contribution in [0.15, 0.2) is 42.5 Å². The molecule has 1 heterocycles. The summed E-state index contributed by atoms with van der Waals surface area (Å²) in [4.78, 5) is 10.9. The fourth-order valence-corrected chi connectivity index (χ4v) is 2.30. The number of carboxylic acids is 1. The van der Waals surface area contributed by atoms with Gasteiger partial charge in [0.25, 0.3) is 0 Å². The quantitative estimate of drug-likeness (QED) is 0.900. The predicted molar refractivity (Wildman–Crippen MR) is 66.4 cm³/mol. The second-order valence-corrected chi connectivity index (χ2v) is 4.46. The molecule has 2 aromatic rings. The van der Waals surface area contributed by atoms with Gasteiger partial charge in [0.15, 0.2) is 0 Å². The van der Waals surface area contributed by atoms with E-state index in [0.29, 0.717) is 6.61 Å². The van der Waals surface area contributed by atoms with Gasteiger partial charge < -0.3 is 9.84 Å². The summed E-state index contributed by atoms with van der Waals surface area (Å²) < 4.78 is 18.6. The summed E-state index contributed by atoms with van der Waals surface area (Å²) in [6.45, 7) is 0.374. The number of hydrogen-bond acceptors (Lipinski definition) is 2. The topological polar surface area (TPSA) is 46.5 Å². The maximum absolute atomic E-state index is 12.9. The summed E-state index contributed by atoms with van der Waals surface area (Å²) in [6, 6.07) is 11.1. The van der Waals surface area contributed by atoms with Gasteiger partial charge in [0.1, 0.15) is 11.9 Å². The van der Waals surface area contributed by atoms with Gasteiger partial charge in [-0.05, 0) is 41.0 Å². The van der Waals surface area contributed by atoms with Crippen molar-refractivity contribution in [2.75, 3.05) is 0 Å². The van der Waals surface area contributed by atoms with E-state index in [9.17, 15) is 9.18 Å². The Hall–Kier alpha value is -2.20. The van der Waals surface area contributed by atoms with Gasteiger partial charge in [-0.3, -0.25) is 0 Å². The van der Waals surface area contributed by atoms with Gasteiger partial charge in [-0.1, -0.05) is 18.2 Å². The summed E-state index contributed by atoms with van der Waals surface area (Å²) in [5, 5.41) is 8.95. The number of hydrogen-bond donors (Lipinski definition) is 1. The Balaban J connectivity index is 1.98. The van der Waals surface area contributed by atoms with Crippen LogP contribution in [0.3, 0.4) is 0 Å². The van der Waals surface area contributed by atoms with Gasteiger partial charge in [0.05, 0.1) is 12.2 Å². The molecule has 2 aromatic carbocycles. The minimum Gasteiger partial charge on any atom is -0.478 e. The van der Waals surface area contributed by atoms with E-state index in [1.54, 1.807) is 30.3 Å². The zero-order chi connectivity index (χ0) is 13.4. The summed E-state index contributed by atoms with van der Waals surface area (Å²) in [5.41, 5.74) is 2.93. The van der Waals surface area contributed by atoms with E-state index in [4.69, 9.17) is 9.84 Å². The molecule has 96 valence electrons. The van der Waals surface area contributed by atoms with Gasteiger partial charge in [0.2, 0.25) is 0 Å². The highest BCUT2D eigenvalue weighted by molar-refractivity contribution is 5.88. The molecule has 4 heteroatoms. The average Bonchev–Trinajstić information content (AvgIpc) is 2.82. The third-order valence-electron chi connectivity index (χ3n) is 3.25. The Kier molecular flexibility index (Phi) is 2.80. The SMILES string of the molecule is O=C(O)c1ccc2c(c1)CO[C@H]2c1ccc(F)cc1. The molecule has 0 amide bonds. The van der Waals surface area contributed by atoms with Crippen LogP contribution in [0.2, 0.25) is 0 Å². The van der Waals surface area contributed by atoms with Crippen LogP contribution in [0.4, 0.5) is 4.39 Å². The highest BCUT2D eigenvalue weighted by atomic mass is 19.1. The first-order chi connectivity index (χ1) is 9.15. The lowest BCUT2D eigenvalue weighted by molar-refractivity contribution is 0.0696. The summed E-state index contributed by atoms with van der Waals surface area (Å²) >= 11 is 0. The van der Waals surface area contributed by atoms with Crippen LogP contribution >= 0.6 is 0 Å². The first-order valence-electron chi connectivity index (χ1n) is 5.88. The minimum absolute atomic E-state index is 0.251. The molecule has 1 aliphatic rings. The number of benzene rings is 2. The maximum Gasteiger partial charge on any atom is 0.335 e. The zero-order valence-electron chi connectivity index (χ0n) is 9.97. The number of aromatic carboxylic acids is 1. The number of carbonyl (C=O) groups is 1. The van der Waals surface area contributed by atoms with Crippen LogP contribution in [0.5, 0.6) is 0 Å². The van der Waals surface area contributed by atoms with Gasteiger partial charge in [-0.2, -0.15) is 0 Å². The molecule has 0 aromatic heterocycles. The number of fused-ring (bicyclic) bond motifs is 1. The van der Waals surface area contributed by atoms with Crippen molar-refractivity contribution < 1.29 is 19.0 Å². The third kappa shape index (κ3) is 2.11. The first-order valence-corrected chi connectivity index (χ1v) is 5.88. The van der Waals surface area contributed by atoms with Crippen molar-refractivity contribution in [3.63, 3.8) is 0 Å². The largest absolute Gasteiger partial charge is 0.478 e. The van der Waals surface area contributed by atoms with Crippen LogP contribution in [-0.2, 0) is 11.3 Å². The van der Waals surface area contributed by atoms with E-state index in [1.165, 1.54) is 12.1 Å². The molecule has 3 rings (SSSR count). The Morgan fingerprint density at radius 2 is 1.95 bits per heavy atom. The lowest BCUT2D eigenvalue weighted by Gasteiger charge is -2.11. The van der Waals surface area contributed by atoms with Crippen LogP contribution in [0, 0.1) is 5.82 Å². The summed E-state index contributed by atoms with van der Waals surface area (Å²) in [5.74, 6) is -1.24. The van der Waals surface area contributed by atoms with E-state index in [2.05, 4.69) is 0 Å². The van der Waals surface area contributed by atoms with Gasteiger partial charge in [-0.25, -0.2) is 9.18 Å². The lowest BCUT2D eigenvalue weighted by Crippen LogP contribution is -2.00. The van der Waals surface area contributed by atoms with E-state index >= 15 is 0 Å². The smallest absolute Gasteiger partial charge is 0.335 e. The molecule has 0 aliphatic carbocycles. The first kappa shape index (κ1) is 11.9. The number of carboxylic acid groups (broad SMARTS) is 1. The van der Waals surface area contributed by atoms with Crippen molar-refractivity contribution >= 4 is 5.97 Å². The molecule has 0 radical (unpaired) electrons. The molecular formula is C15H11FO3. The highest BCUT2D eigenvalue weighted by Gasteiger charge is 2.25. The zero-order valence-corrected chi connectivity index (χ0v) is 9.97. The van der Waals surface area contributed by atoms with Crippen molar-refractivity contribution in [3.8, 4) is 0 Å².